The summed E-state index contributed by atoms with van der Waals surface area (Å²) >= 11 is 0. The smallest absolute Gasteiger partial charge is 0.257 e. The predicted molar refractivity (Wildman–Crippen MR) is 81.5 cm³/mol. The van der Waals surface area contributed by atoms with E-state index in [1.165, 1.54) is 0 Å². The van der Waals surface area contributed by atoms with Gasteiger partial charge in [-0.3, -0.25) is 5.10 Å². The lowest BCUT2D eigenvalue weighted by atomic mass is 10.2. The lowest BCUT2D eigenvalue weighted by Gasteiger charge is -2.07. The Balaban J connectivity index is 2.44. The van der Waals surface area contributed by atoms with Crippen molar-refractivity contribution in [2.24, 2.45) is 0 Å². The molecular formula is C13H26N4O3S. The number of hydrogen-bond donors (Lipinski definition) is 3. The summed E-state index contributed by atoms with van der Waals surface area (Å²) in [5.41, 5.74) is 0.662. The lowest BCUT2D eigenvalue weighted by molar-refractivity contribution is 0.192. The maximum absolute atomic E-state index is 12.2. The fourth-order valence-electron chi connectivity index (χ4n) is 1.88. The first-order valence-electron chi connectivity index (χ1n) is 7.33. The standard InChI is InChI=1S/C13H26N4O3S/c1-3-7-14-10-12-11-15-17-13(12)21(18,19)16-8-5-4-6-9-20-2/h11,14,16H,3-10H2,1-2H3,(H,15,17). The second-order valence-corrected chi connectivity index (χ2v) is 6.56. The van der Waals surface area contributed by atoms with Gasteiger partial charge in [-0.2, -0.15) is 5.10 Å². The zero-order chi connectivity index (χ0) is 15.6. The lowest BCUT2D eigenvalue weighted by Crippen LogP contribution is -2.27. The number of aromatic amines is 1. The number of hydrogen-bond acceptors (Lipinski definition) is 5. The Morgan fingerprint density at radius 2 is 2.10 bits per heavy atom. The molecule has 0 bridgehead atoms. The van der Waals surface area contributed by atoms with Crippen molar-refractivity contribution in [3.8, 4) is 0 Å². The SMILES string of the molecule is CCCNCc1cn[nH]c1S(=O)(=O)NCCCCCOC. The van der Waals surface area contributed by atoms with Gasteiger partial charge in [-0.15, -0.1) is 0 Å². The third-order valence-electron chi connectivity index (χ3n) is 3.01. The van der Waals surface area contributed by atoms with Crippen LogP contribution in [0.2, 0.25) is 0 Å². The van der Waals surface area contributed by atoms with Crippen LogP contribution in [-0.2, 0) is 21.3 Å². The summed E-state index contributed by atoms with van der Waals surface area (Å²) in [6, 6.07) is 0. The molecule has 0 aromatic carbocycles. The summed E-state index contributed by atoms with van der Waals surface area (Å²) in [6.45, 7) is 4.53. The Hall–Kier alpha value is -0.960. The van der Waals surface area contributed by atoms with Crippen LogP contribution < -0.4 is 10.0 Å². The fraction of sp³-hybridized carbons (Fsp3) is 0.769. The van der Waals surface area contributed by atoms with E-state index in [9.17, 15) is 8.42 Å². The van der Waals surface area contributed by atoms with Crippen molar-refractivity contribution in [2.45, 2.75) is 44.2 Å². The highest BCUT2D eigenvalue weighted by Gasteiger charge is 2.19. The Bertz CT molecular complexity index is 487. The average Bonchev–Trinajstić information content (AvgIpc) is 2.92. The minimum Gasteiger partial charge on any atom is -0.385 e. The van der Waals surface area contributed by atoms with Crippen molar-refractivity contribution in [3.63, 3.8) is 0 Å². The molecule has 0 amide bonds. The van der Waals surface area contributed by atoms with Crippen LogP contribution in [0.1, 0.15) is 38.2 Å². The minimum absolute atomic E-state index is 0.156. The molecule has 0 spiro atoms. The topological polar surface area (TPSA) is 96.1 Å². The van der Waals surface area contributed by atoms with Gasteiger partial charge in [-0.05, 0) is 32.2 Å². The molecule has 1 heterocycles. The Morgan fingerprint density at radius 1 is 1.29 bits per heavy atom. The van der Waals surface area contributed by atoms with Crippen LogP contribution >= 0.6 is 0 Å². The van der Waals surface area contributed by atoms with Gasteiger partial charge in [0.15, 0.2) is 5.03 Å². The largest absolute Gasteiger partial charge is 0.385 e. The van der Waals surface area contributed by atoms with E-state index >= 15 is 0 Å². The molecular weight excluding hydrogens is 292 g/mol. The number of nitrogens with zero attached hydrogens (tertiary/aromatic N) is 1. The van der Waals surface area contributed by atoms with Crippen LogP contribution in [0, 0.1) is 0 Å². The molecule has 1 aromatic rings. The van der Waals surface area contributed by atoms with Crippen molar-refractivity contribution in [2.75, 3.05) is 26.8 Å². The van der Waals surface area contributed by atoms with Gasteiger partial charge in [-0.25, -0.2) is 13.1 Å². The molecule has 122 valence electrons. The Morgan fingerprint density at radius 3 is 2.81 bits per heavy atom. The number of nitrogens with one attached hydrogen (secondary N) is 3. The molecule has 1 rings (SSSR count). The zero-order valence-electron chi connectivity index (χ0n) is 12.8. The molecule has 21 heavy (non-hydrogen) atoms. The van der Waals surface area contributed by atoms with Gasteiger partial charge in [0, 0.05) is 32.4 Å². The van der Waals surface area contributed by atoms with Crippen molar-refractivity contribution in [3.05, 3.63) is 11.8 Å². The number of methoxy groups -OCH3 is 1. The van der Waals surface area contributed by atoms with Crippen molar-refractivity contribution in [1.29, 1.82) is 0 Å². The quantitative estimate of drug-likeness (QED) is 0.500. The molecule has 0 saturated heterocycles. The number of ether oxygens (including phenoxy) is 1. The molecule has 0 fully saturated rings. The summed E-state index contributed by atoms with van der Waals surface area (Å²) in [7, 11) is -1.86. The third kappa shape index (κ3) is 6.56. The van der Waals surface area contributed by atoms with Gasteiger partial charge in [0.2, 0.25) is 0 Å². The van der Waals surface area contributed by atoms with Crippen LogP contribution in [0.4, 0.5) is 0 Å². The molecule has 0 aliphatic carbocycles. The van der Waals surface area contributed by atoms with E-state index in [1.54, 1.807) is 13.3 Å². The second-order valence-electron chi connectivity index (χ2n) is 4.85. The monoisotopic (exact) mass is 318 g/mol. The molecule has 0 radical (unpaired) electrons. The van der Waals surface area contributed by atoms with E-state index in [-0.39, 0.29) is 5.03 Å². The van der Waals surface area contributed by atoms with Crippen molar-refractivity contribution in [1.82, 2.24) is 20.2 Å². The first-order valence-corrected chi connectivity index (χ1v) is 8.81. The summed E-state index contributed by atoms with van der Waals surface area (Å²) in [5.74, 6) is 0. The van der Waals surface area contributed by atoms with E-state index in [0.29, 0.717) is 25.3 Å². The second kappa shape index (κ2) is 9.88. The molecule has 0 unspecified atom stereocenters. The third-order valence-corrected chi connectivity index (χ3v) is 4.48. The minimum atomic E-state index is -3.52. The van der Waals surface area contributed by atoms with Crippen LogP contribution in [0.3, 0.4) is 0 Å². The van der Waals surface area contributed by atoms with E-state index < -0.39 is 10.0 Å². The zero-order valence-corrected chi connectivity index (χ0v) is 13.6. The molecule has 7 nitrogen and oxygen atoms in total. The van der Waals surface area contributed by atoms with Crippen molar-refractivity contribution < 1.29 is 13.2 Å². The molecule has 0 aliphatic rings. The van der Waals surface area contributed by atoms with Crippen LogP contribution in [-0.4, -0.2) is 45.4 Å². The fourth-order valence-corrected chi connectivity index (χ4v) is 3.08. The first-order chi connectivity index (χ1) is 10.1. The first kappa shape index (κ1) is 18.1. The number of aromatic nitrogens is 2. The number of unbranched alkanes of at least 4 members (excludes halogenated alkanes) is 2. The van der Waals surface area contributed by atoms with E-state index in [4.69, 9.17) is 4.74 Å². The van der Waals surface area contributed by atoms with Crippen LogP contribution in [0.25, 0.3) is 0 Å². The number of H-pyrrole nitrogens is 1. The number of rotatable bonds is 12. The van der Waals surface area contributed by atoms with Gasteiger partial charge in [0.25, 0.3) is 10.0 Å². The highest BCUT2D eigenvalue weighted by Crippen LogP contribution is 2.11. The molecule has 3 N–H and O–H groups in total. The molecule has 8 heteroatoms. The van der Waals surface area contributed by atoms with E-state index in [0.717, 1.165) is 32.2 Å². The normalized spacial score (nSPS) is 11.9. The van der Waals surface area contributed by atoms with Gasteiger partial charge in [0.05, 0.1) is 6.20 Å². The van der Waals surface area contributed by atoms with Gasteiger partial charge >= 0.3 is 0 Å². The van der Waals surface area contributed by atoms with E-state index in [1.807, 2.05) is 0 Å². The van der Waals surface area contributed by atoms with E-state index in [2.05, 4.69) is 27.2 Å². The number of sulfonamides is 1. The van der Waals surface area contributed by atoms with Crippen molar-refractivity contribution >= 4 is 10.0 Å². The predicted octanol–water partition coefficient (Wildman–Crippen LogP) is 1.00. The summed E-state index contributed by atoms with van der Waals surface area (Å²) in [5, 5.41) is 9.74. The maximum Gasteiger partial charge on any atom is 0.257 e. The average molecular weight is 318 g/mol. The van der Waals surface area contributed by atoms with Gasteiger partial charge in [-0.1, -0.05) is 6.92 Å². The Labute approximate surface area is 126 Å². The highest BCUT2D eigenvalue weighted by atomic mass is 32.2. The molecule has 0 atom stereocenters. The van der Waals surface area contributed by atoms with Crippen LogP contribution in [0.15, 0.2) is 11.2 Å². The summed E-state index contributed by atoms with van der Waals surface area (Å²) in [4.78, 5) is 0. The van der Waals surface area contributed by atoms with Crippen LogP contribution in [0.5, 0.6) is 0 Å². The summed E-state index contributed by atoms with van der Waals surface area (Å²) in [6.07, 6.45) is 5.22. The Kier molecular flexibility index (Phi) is 8.51. The highest BCUT2D eigenvalue weighted by molar-refractivity contribution is 7.89. The summed E-state index contributed by atoms with van der Waals surface area (Å²) < 4.78 is 32.0. The van der Waals surface area contributed by atoms with Gasteiger partial charge < -0.3 is 10.1 Å². The molecule has 0 saturated carbocycles. The molecule has 1 aromatic heterocycles. The maximum atomic E-state index is 12.2. The molecule has 0 aliphatic heterocycles. The van der Waals surface area contributed by atoms with Gasteiger partial charge in [0.1, 0.15) is 0 Å².